The standard InChI is InChI=1S/C21H20N4O/c26-16-6-15-25(20-9-2-1-3-10-20)24-14-11-18-7-4-8-19(17-18)21-22-12-5-13-23-21/h1-9,12-17,20H,10-11H2/b15-6-,24-14+. The third-order valence-electron chi connectivity index (χ3n) is 3.91. The minimum Gasteiger partial charge on any atom is -0.299 e. The van der Waals surface area contributed by atoms with Crippen molar-refractivity contribution in [3.05, 3.63) is 84.9 Å². The molecule has 1 aliphatic carbocycles. The van der Waals surface area contributed by atoms with Crippen LogP contribution in [0.3, 0.4) is 0 Å². The van der Waals surface area contributed by atoms with Crippen LogP contribution in [0.25, 0.3) is 11.4 Å². The van der Waals surface area contributed by atoms with E-state index in [1.807, 2.05) is 36.6 Å². The molecule has 0 amide bonds. The molecule has 0 N–H and O–H groups in total. The Hall–Kier alpha value is -3.34. The van der Waals surface area contributed by atoms with Crippen molar-refractivity contribution in [1.82, 2.24) is 15.0 Å². The summed E-state index contributed by atoms with van der Waals surface area (Å²) in [4.78, 5) is 19.2. The third-order valence-corrected chi connectivity index (χ3v) is 3.91. The van der Waals surface area contributed by atoms with Gasteiger partial charge in [-0.2, -0.15) is 5.10 Å². The summed E-state index contributed by atoms with van der Waals surface area (Å²) in [5.74, 6) is 0.709. The van der Waals surface area contributed by atoms with Gasteiger partial charge in [0.15, 0.2) is 5.82 Å². The highest BCUT2D eigenvalue weighted by atomic mass is 16.1. The van der Waals surface area contributed by atoms with Crippen LogP contribution < -0.4 is 0 Å². The molecule has 0 fully saturated rings. The molecule has 1 heterocycles. The van der Waals surface area contributed by atoms with Crippen molar-refractivity contribution >= 4 is 12.5 Å². The summed E-state index contributed by atoms with van der Waals surface area (Å²) in [6.45, 7) is 0. The van der Waals surface area contributed by atoms with E-state index in [1.165, 1.54) is 6.08 Å². The van der Waals surface area contributed by atoms with E-state index in [1.54, 1.807) is 29.7 Å². The lowest BCUT2D eigenvalue weighted by atomic mass is 10.1. The molecule has 1 atom stereocenters. The molecule has 0 saturated carbocycles. The van der Waals surface area contributed by atoms with Crippen molar-refractivity contribution in [2.45, 2.75) is 18.9 Å². The van der Waals surface area contributed by atoms with Gasteiger partial charge in [0.1, 0.15) is 6.29 Å². The maximum atomic E-state index is 10.7. The fraction of sp³-hybridized carbons (Fsp3) is 0.143. The lowest BCUT2D eigenvalue weighted by Crippen LogP contribution is -2.24. The summed E-state index contributed by atoms with van der Waals surface area (Å²) in [7, 11) is 0. The number of rotatable bonds is 7. The van der Waals surface area contributed by atoms with E-state index >= 15 is 0 Å². The zero-order valence-corrected chi connectivity index (χ0v) is 14.3. The highest BCUT2D eigenvalue weighted by Crippen LogP contribution is 2.16. The van der Waals surface area contributed by atoms with Crippen molar-refractivity contribution in [3.8, 4) is 11.4 Å². The fourth-order valence-corrected chi connectivity index (χ4v) is 2.65. The van der Waals surface area contributed by atoms with Gasteiger partial charge in [-0.25, -0.2) is 9.97 Å². The Balaban J connectivity index is 1.70. The molecule has 5 nitrogen and oxygen atoms in total. The molecule has 1 aliphatic rings. The van der Waals surface area contributed by atoms with Gasteiger partial charge in [-0.1, -0.05) is 42.5 Å². The zero-order chi connectivity index (χ0) is 18.0. The van der Waals surface area contributed by atoms with Crippen LogP contribution in [0.1, 0.15) is 12.0 Å². The van der Waals surface area contributed by atoms with Gasteiger partial charge in [0.25, 0.3) is 0 Å². The number of benzene rings is 1. The summed E-state index contributed by atoms with van der Waals surface area (Å²) in [6.07, 6.45) is 18.9. The van der Waals surface area contributed by atoms with Gasteiger partial charge in [-0.3, -0.25) is 9.80 Å². The molecule has 3 rings (SSSR count). The van der Waals surface area contributed by atoms with Crippen LogP contribution in [0.5, 0.6) is 0 Å². The molecular weight excluding hydrogens is 324 g/mol. The first-order valence-corrected chi connectivity index (χ1v) is 8.49. The molecule has 2 aromatic rings. The first kappa shape index (κ1) is 17.5. The number of hydrogen-bond donors (Lipinski definition) is 0. The van der Waals surface area contributed by atoms with Crippen molar-refractivity contribution in [1.29, 1.82) is 0 Å². The van der Waals surface area contributed by atoms with E-state index in [4.69, 9.17) is 0 Å². The molecule has 1 unspecified atom stereocenters. The van der Waals surface area contributed by atoms with Gasteiger partial charge in [0, 0.05) is 36.8 Å². The minimum absolute atomic E-state index is 0.122. The first-order chi connectivity index (χ1) is 12.9. The summed E-state index contributed by atoms with van der Waals surface area (Å²) in [6, 6.07) is 10.0. The van der Waals surface area contributed by atoms with E-state index < -0.39 is 0 Å². The van der Waals surface area contributed by atoms with Crippen LogP contribution >= 0.6 is 0 Å². The number of nitrogens with zero attached hydrogens (tertiary/aromatic N) is 4. The number of hydrogen-bond acceptors (Lipinski definition) is 5. The van der Waals surface area contributed by atoms with Crippen LogP contribution in [0, 0.1) is 0 Å². The second-order valence-corrected chi connectivity index (χ2v) is 5.75. The molecule has 5 heteroatoms. The number of allylic oxidation sites excluding steroid dienone is 3. The summed E-state index contributed by atoms with van der Waals surface area (Å²) in [5.41, 5.74) is 2.10. The predicted octanol–water partition coefficient (Wildman–Crippen LogP) is 3.57. The lowest BCUT2D eigenvalue weighted by Gasteiger charge is -2.23. The molecule has 1 aromatic heterocycles. The normalized spacial score (nSPS) is 16.4. The smallest absolute Gasteiger partial charge is 0.159 e. The van der Waals surface area contributed by atoms with Gasteiger partial charge in [-0.05, 0) is 30.2 Å². The fourth-order valence-electron chi connectivity index (χ4n) is 2.65. The van der Waals surface area contributed by atoms with Crippen molar-refractivity contribution in [2.75, 3.05) is 0 Å². The van der Waals surface area contributed by atoms with Crippen LogP contribution in [0.2, 0.25) is 0 Å². The third kappa shape index (κ3) is 4.83. The molecule has 26 heavy (non-hydrogen) atoms. The van der Waals surface area contributed by atoms with Crippen LogP contribution in [0.15, 0.2) is 84.4 Å². The second kappa shape index (κ2) is 9.22. The maximum absolute atomic E-state index is 10.7. The van der Waals surface area contributed by atoms with Crippen LogP contribution in [-0.4, -0.2) is 33.5 Å². The predicted molar refractivity (Wildman–Crippen MR) is 103 cm³/mol. The quantitative estimate of drug-likeness (QED) is 0.333. The molecule has 0 saturated heterocycles. The van der Waals surface area contributed by atoms with Crippen LogP contribution in [0.4, 0.5) is 0 Å². The number of carbonyl (C=O) groups is 1. The molecule has 0 radical (unpaired) electrons. The Kier molecular flexibility index (Phi) is 6.20. The summed E-state index contributed by atoms with van der Waals surface area (Å²) < 4.78 is 0. The number of hydrazone groups is 1. The average molecular weight is 344 g/mol. The topological polar surface area (TPSA) is 58.5 Å². The molecule has 0 bridgehead atoms. The minimum atomic E-state index is 0.122. The number of aldehydes is 1. The highest BCUT2D eigenvalue weighted by molar-refractivity contribution is 5.65. The van der Waals surface area contributed by atoms with Crippen molar-refractivity contribution < 1.29 is 4.79 Å². The Morgan fingerprint density at radius 1 is 1.19 bits per heavy atom. The first-order valence-electron chi connectivity index (χ1n) is 8.49. The monoisotopic (exact) mass is 344 g/mol. The van der Waals surface area contributed by atoms with Crippen molar-refractivity contribution in [2.24, 2.45) is 5.10 Å². The van der Waals surface area contributed by atoms with Gasteiger partial charge >= 0.3 is 0 Å². The van der Waals surface area contributed by atoms with E-state index in [0.29, 0.717) is 12.2 Å². The Labute approximate surface area is 153 Å². The average Bonchev–Trinajstić information content (AvgIpc) is 2.72. The highest BCUT2D eigenvalue weighted by Gasteiger charge is 2.11. The maximum Gasteiger partial charge on any atom is 0.159 e. The van der Waals surface area contributed by atoms with Crippen LogP contribution in [-0.2, 0) is 11.2 Å². The molecule has 1 aromatic carbocycles. The summed E-state index contributed by atoms with van der Waals surface area (Å²) >= 11 is 0. The number of aromatic nitrogens is 2. The van der Waals surface area contributed by atoms with E-state index in [0.717, 1.165) is 23.8 Å². The van der Waals surface area contributed by atoms with E-state index in [9.17, 15) is 4.79 Å². The number of carbonyl (C=O) groups excluding carboxylic acids is 1. The largest absolute Gasteiger partial charge is 0.299 e. The molecule has 0 spiro atoms. The van der Waals surface area contributed by atoms with E-state index in [2.05, 4.69) is 33.3 Å². The summed E-state index contributed by atoms with van der Waals surface area (Å²) in [5, 5.41) is 6.33. The van der Waals surface area contributed by atoms with Crippen molar-refractivity contribution in [3.63, 3.8) is 0 Å². The van der Waals surface area contributed by atoms with Gasteiger partial charge in [0.05, 0.1) is 6.04 Å². The van der Waals surface area contributed by atoms with Gasteiger partial charge < -0.3 is 0 Å². The Morgan fingerprint density at radius 3 is 2.85 bits per heavy atom. The second-order valence-electron chi connectivity index (χ2n) is 5.75. The van der Waals surface area contributed by atoms with Gasteiger partial charge in [-0.15, -0.1) is 0 Å². The Morgan fingerprint density at radius 2 is 2.08 bits per heavy atom. The van der Waals surface area contributed by atoms with E-state index in [-0.39, 0.29) is 6.04 Å². The SMILES string of the molecule is O=C/C=C\N(/N=C/Cc1cccc(-c2ncccn2)c1)C1C=CC=CC1. The molecule has 130 valence electrons. The molecular formula is C21H20N4O. The van der Waals surface area contributed by atoms with Gasteiger partial charge in [0.2, 0.25) is 0 Å². The lowest BCUT2D eigenvalue weighted by molar-refractivity contribution is -0.104. The Bertz CT molecular complexity index is 840. The zero-order valence-electron chi connectivity index (χ0n) is 14.3. The molecule has 0 aliphatic heterocycles.